The summed E-state index contributed by atoms with van der Waals surface area (Å²) < 4.78 is 0. The summed E-state index contributed by atoms with van der Waals surface area (Å²) in [7, 11) is 0. The molecular formula is C14H14O3. The van der Waals surface area contributed by atoms with Crippen LogP contribution in [0.4, 0.5) is 0 Å². The van der Waals surface area contributed by atoms with Gasteiger partial charge in [0.15, 0.2) is 0 Å². The number of aliphatic hydroxyl groups is 2. The third-order valence-electron chi connectivity index (χ3n) is 2.52. The highest BCUT2D eigenvalue weighted by Crippen LogP contribution is 2.19. The highest BCUT2D eigenvalue weighted by Gasteiger charge is 2.09. The Morgan fingerprint density at radius 1 is 1.06 bits per heavy atom. The summed E-state index contributed by atoms with van der Waals surface area (Å²) in [6.45, 7) is 0. The lowest BCUT2D eigenvalue weighted by Gasteiger charge is -2.12. The molecule has 1 aliphatic carbocycles. The fraction of sp³-hybridized carbons (Fsp3) is 0.143. The SMILES string of the molecule is OC1=CC(O)CC(/C=C\c2ccc(O)cc2)=C1. The maximum absolute atomic E-state index is 9.44. The summed E-state index contributed by atoms with van der Waals surface area (Å²) >= 11 is 0. The zero-order chi connectivity index (χ0) is 12.3. The maximum Gasteiger partial charge on any atom is 0.115 e. The molecule has 0 radical (unpaired) electrons. The van der Waals surface area contributed by atoms with E-state index in [1.807, 2.05) is 12.2 Å². The molecule has 0 spiro atoms. The molecule has 0 bridgehead atoms. The molecule has 3 heteroatoms. The van der Waals surface area contributed by atoms with Crippen LogP contribution in [0.5, 0.6) is 5.75 Å². The van der Waals surface area contributed by atoms with Gasteiger partial charge in [0, 0.05) is 6.42 Å². The van der Waals surface area contributed by atoms with Crippen molar-refractivity contribution in [2.45, 2.75) is 12.5 Å². The van der Waals surface area contributed by atoms with Crippen molar-refractivity contribution in [3.63, 3.8) is 0 Å². The topological polar surface area (TPSA) is 60.7 Å². The quantitative estimate of drug-likeness (QED) is 0.731. The van der Waals surface area contributed by atoms with Crippen molar-refractivity contribution in [2.24, 2.45) is 0 Å². The van der Waals surface area contributed by atoms with Gasteiger partial charge in [0.1, 0.15) is 11.5 Å². The molecular weight excluding hydrogens is 216 g/mol. The normalized spacial score (nSPS) is 20.2. The van der Waals surface area contributed by atoms with E-state index in [1.54, 1.807) is 30.3 Å². The van der Waals surface area contributed by atoms with Crippen molar-refractivity contribution in [1.82, 2.24) is 0 Å². The minimum Gasteiger partial charge on any atom is -0.508 e. The Morgan fingerprint density at radius 2 is 1.76 bits per heavy atom. The van der Waals surface area contributed by atoms with Crippen LogP contribution in [-0.2, 0) is 0 Å². The molecule has 0 amide bonds. The van der Waals surface area contributed by atoms with Gasteiger partial charge in [-0.05, 0) is 35.4 Å². The molecule has 1 atom stereocenters. The number of benzene rings is 1. The molecule has 1 aliphatic rings. The van der Waals surface area contributed by atoms with E-state index in [0.29, 0.717) is 6.42 Å². The van der Waals surface area contributed by atoms with Crippen molar-refractivity contribution < 1.29 is 15.3 Å². The summed E-state index contributed by atoms with van der Waals surface area (Å²) in [4.78, 5) is 0. The minimum absolute atomic E-state index is 0.0918. The fourth-order valence-corrected chi connectivity index (χ4v) is 1.70. The average molecular weight is 230 g/mol. The summed E-state index contributed by atoms with van der Waals surface area (Å²) in [5.41, 5.74) is 1.82. The highest BCUT2D eigenvalue weighted by atomic mass is 16.3. The zero-order valence-corrected chi connectivity index (χ0v) is 9.24. The smallest absolute Gasteiger partial charge is 0.115 e. The molecule has 1 aromatic carbocycles. The molecule has 2 rings (SSSR count). The molecule has 3 nitrogen and oxygen atoms in total. The number of hydrogen-bond acceptors (Lipinski definition) is 3. The monoisotopic (exact) mass is 230 g/mol. The van der Waals surface area contributed by atoms with Crippen molar-refractivity contribution in [3.8, 4) is 5.75 Å². The van der Waals surface area contributed by atoms with Crippen molar-refractivity contribution in [1.29, 1.82) is 0 Å². The molecule has 0 saturated carbocycles. The van der Waals surface area contributed by atoms with Crippen molar-refractivity contribution in [2.75, 3.05) is 0 Å². The lowest BCUT2D eigenvalue weighted by Crippen LogP contribution is -2.08. The first-order valence-electron chi connectivity index (χ1n) is 5.40. The van der Waals surface area contributed by atoms with Gasteiger partial charge in [-0.25, -0.2) is 0 Å². The predicted octanol–water partition coefficient (Wildman–Crippen LogP) is 2.54. The Balaban J connectivity index is 2.11. The van der Waals surface area contributed by atoms with E-state index in [9.17, 15) is 10.2 Å². The van der Waals surface area contributed by atoms with E-state index in [4.69, 9.17) is 5.11 Å². The van der Waals surface area contributed by atoms with Gasteiger partial charge < -0.3 is 15.3 Å². The van der Waals surface area contributed by atoms with Gasteiger partial charge >= 0.3 is 0 Å². The second-order valence-corrected chi connectivity index (χ2v) is 4.01. The van der Waals surface area contributed by atoms with Gasteiger partial charge in [-0.1, -0.05) is 24.3 Å². The molecule has 1 aromatic rings. The van der Waals surface area contributed by atoms with Crippen molar-refractivity contribution in [3.05, 3.63) is 59.4 Å². The number of phenols is 1. The van der Waals surface area contributed by atoms with Crippen LogP contribution in [0.2, 0.25) is 0 Å². The van der Waals surface area contributed by atoms with E-state index < -0.39 is 6.10 Å². The molecule has 0 saturated heterocycles. The summed E-state index contributed by atoms with van der Waals surface area (Å²) in [5.74, 6) is 0.323. The van der Waals surface area contributed by atoms with Crippen LogP contribution >= 0.6 is 0 Å². The minimum atomic E-state index is -0.625. The summed E-state index contributed by atoms with van der Waals surface area (Å²) in [6, 6.07) is 6.81. The maximum atomic E-state index is 9.44. The molecule has 88 valence electrons. The number of allylic oxidation sites excluding steroid dienone is 2. The van der Waals surface area contributed by atoms with E-state index >= 15 is 0 Å². The van der Waals surface area contributed by atoms with E-state index in [-0.39, 0.29) is 11.5 Å². The zero-order valence-electron chi connectivity index (χ0n) is 9.24. The number of aliphatic hydroxyl groups excluding tert-OH is 2. The Hall–Kier alpha value is -2.00. The lowest BCUT2D eigenvalue weighted by atomic mass is 10.0. The first-order chi connectivity index (χ1) is 8.13. The third-order valence-corrected chi connectivity index (χ3v) is 2.52. The van der Waals surface area contributed by atoms with Crippen LogP contribution in [0.15, 0.2) is 53.8 Å². The van der Waals surface area contributed by atoms with Crippen LogP contribution in [0, 0.1) is 0 Å². The van der Waals surface area contributed by atoms with Gasteiger partial charge in [-0.15, -0.1) is 0 Å². The van der Waals surface area contributed by atoms with Gasteiger partial charge in [0.2, 0.25) is 0 Å². The van der Waals surface area contributed by atoms with Crippen LogP contribution < -0.4 is 0 Å². The Kier molecular flexibility index (Phi) is 3.30. The summed E-state index contributed by atoms with van der Waals surface area (Å²) in [6.07, 6.45) is 6.63. The van der Waals surface area contributed by atoms with E-state index in [0.717, 1.165) is 11.1 Å². The van der Waals surface area contributed by atoms with Crippen molar-refractivity contribution >= 4 is 6.08 Å². The standard InChI is InChI=1S/C14H14O3/c15-12-5-3-10(4-6-12)1-2-11-7-13(16)9-14(17)8-11/h1-7,9,14-17H,8H2/b2-1-. The van der Waals surface area contributed by atoms with Gasteiger partial charge in [0.25, 0.3) is 0 Å². The highest BCUT2D eigenvalue weighted by molar-refractivity contribution is 5.54. The van der Waals surface area contributed by atoms with Crippen LogP contribution in [-0.4, -0.2) is 21.4 Å². The second kappa shape index (κ2) is 4.89. The van der Waals surface area contributed by atoms with Gasteiger partial charge in [0.05, 0.1) is 6.10 Å². The van der Waals surface area contributed by atoms with Crippen LogP contribution in [0.25, 0.3) is 6.08 Å². The second-order valence-electron chi connectivity index (χ2n) is 4.01. The first-order valence-corrected chi connectivity index (χ1v) is 5.40. The number of aromatic hydroxyl groups is 1. The Bertz CT molecular complexity index is 481. The number of rotatable bonds is 2. The lowest BCUT2D eigenvalue weighted by molar-refractivity contribution is 0.216. The molecule has 0 aromatic heterocycles. The number of hydrogen-bond donors (Lipinski definition) is 3. The largest absolute Gasteiger partial charge is 0.508 e. The molecule has 0 fully saturated rings. The third kappa shape index (κ3) is 3.23. The molecule has 3 N–H and O–H groups in total. The molecule has 1 unspecified atom stereocenters. The van der Waals surface area contributed by atoms with E-state index in [2.05, 4.69) is 0 Å². The van der Waals surface area contributed by atoms with Gasteiger partial charge in [-0.3, -0.25) is 0 Å². The van der Waals surface area contributed by atoms with Gasteiger partial charge in [-0.2, -0.15) is 0 Å². The molecule has 17 heavy (non-hydrogen) atoms. The molecule has 0 heterocycles. The first kappa shape index (κ1) is 11.5. The predicted molar refractivity (Wildman–Crippen MR) is 66.6 cm³/mol. The average Bonchev–Trinajstić information content (AvgIpc) is 2.27. The Labute approximate surface area is 99.7 Å². The Morgan fingerprint density at radius 3 is 2.41 bits per heavy atom. The van der Waals surface area contributed by atoms with E-state index in [1.165, 1.54) is 6.08 Å². The molecule has 0 aliphatic heterocycles. The van der Waals surface area contributed by atoms with Crippen LogP contribution in [0.1, 0.15) is 12.0 Å². The number of phenolic OH excluding ortho intramolecular Hbond substituents is 1. The summed E-state index contributed by atoms with van der Waals surface area (Å²) in [5, 5.41) is 27.9. The fourth-order valence-electron chi connectivity index (χ4n) is 1.70. The van der Waals surface area contributed by atoms with Crippen LogP contribution in [0.3, 0.4) is 0 Å².